The van der Waals surface area contributed by atoms with E-state index < -0.39 is 11.9 Å². The zero-order valence-corrected chi connectivity index (χ0v) is 9.75. The fourth-order valence-electron chi connectivity index (χ4n) is 1.49. The van der Waals surface area contributed by atoms with Gasteiger partial charge in [-0.25, -0.2) is 4.98 Å². The average Bonchev–Trinajstić information content (AvgIpc) is 2.60. The Morgan fingerprint density at radius 1 is 1.62 bits per heavy atom. The second-order valence-corrected chi connectivity index (χ2v) is 4.49. The SMILES string of the molecule is Cc1csc2ncn([C@@H](C)C(N)=O)c(=O)c12. The Kier molecular flexibility index (Phi) is 2.51. The zero-order valence-electron chi connectivity index (χ0n) is 8.93. The normalized spacial score (nSPS) is 12.9. The summed E-state index contributed by atoms with van der Waals surface area (Å²) in [4.78, 5) is 28.0. The average molecular weight is 237 g/mol. The van der Waals surface area contributed by atoms with Gasteiger partial charge in [-0.05, 0) is 24.8 Å². The molecule has 2 rings (SSSR count). The summed E-state index contributed by atoms with van der Waals surface area (Å²) in [5.74, 6) is -0.545. The fraction of sp³-hybridized carbons (Fsp3) is 0.300. The lowest BCUT2D eigenvalue weighted by atomic mass is 10.2. The molecular formula is C10H11N3O2S. The van der Waals surface area contributed by atoms with Crippen LogP contribution in [0.5, 0.6) is 0 Å². The molecule has 1 atom stereocenters. The standard InChI is InChI=1S/C10H11N3O2S/c1-5-3-16-9-7(5)10(15)13(4-12-9)6(2)8(11)14/h3-4,6H,1-2H3,(H2,11,14)/t6-/m0/s1. The lowest BCUT2D eigenvalue weighted by Crippen LogP contribution is -2.32. The zero-order chi connectivity index (χ0) is 11.9. The number of rotatable bonds is 2. The summed E-state index contributed by atoms with van der Waals surface area (Å²) < 4.78 is 1.27. The molecule has 0 aliphatic rings. The van der Waals surface area contributed by atoms with Gasteiger partial charge in [0.1, 0.15) is 10.9 Å². The number of primary amides is 1. The number of aromatic nitrogens is 2. The van der Waals surface area contributed by atoms with Crippen LogP contribution in [-0.2, 0) is 4.79 Å². The molecule has 16 heavy (non-hydrogen) atoms. The van der Waals surface area contributed by atoms with E-state index in [1.165, 1.54) is 22.2 Å². The van der Waals surface area contributed by atoms with E-state index in [-0.39, 0.29) is 5.56 Å². The van der Waals surface area contributed by atoms with Gasteiger partial charge in [0.05, 0.1) is 11.7 Å². The molecule has 2 aromatic rings. The number of hydrogen-bond donors (Lipinski definition) is 1. The highest BCUT2D eigenvalue weighted by atomic mass is 32.1. The Morgan fingerprint density at radius 3 is 2.94 bits per heavy atom. The van der Waals surface area contributed by atoms with Crippen LogP contribution in [0.2, 0.25) is 0 Å². The molecule has 1 amide bonds. The number of hydrogen-bond acceptors (Lipinski definition) is 4. The van der Waals surface area contributed by atoms with Crippen LogP contribution in [0, 0.1) is 6.92 Å². The molecule has 5 nitrogen and oxygen atoms in total. The van der Waals surface area contributed by atoms with E-state index in [0.717, 1.165) is 5.56 Å². The number of fused-ring (bicyclic) bond motifs is 1. The van der Waals surface area contributed by atoms with Gasteiger partial charge in [-0.3, -0.25) is 14.2 Å². The molecule has 0 radical (unpaired) electrons. The number of nitrogens with two attached hydrogens (primary N) is 1. The number of carbonyl (C=O) groups is 1. The monoisotopic (exact) mass is 237 g/mol. The maximum atomic E-state index is 12.1. The smallest absolute Gasteiger partial charge is 0.263 e. The van der Waals surface area contributed by atoms with Crippen molar-refractivity contribution in [1.29, 1.82) is 0 Å². The third-order valence-electron chi connectivity index (χ3n) is 2.53. The van der Waals surface area contributed by atoms with Gasteiger partial charge in [0, 0.05) is 0 Å². The van der Waals surface area contributed by atoms with Gasteiger partial charge in [-0.1, -0.05) is 0 Å². The van der Waals surface area contributed by atoms with Crippen molar-refractivity contribution in [3.63, 3.8) is 0 Å². The van der Waals surface area contributed by atoms with Gasteiger partial charge in [0.15, 0.2) is 0 Å². The van der Waals surface area contributed by atoms with Crippen molar-refractivity contribution in [1.82, 2.24) is 9.55 Å². The van der Waals surface area contributed by atoms with Crippen molar-refractivity contribution in [3.8, 4) is 0 Å². The highest BCUT2D eigenvalue weighted by molar-refractivity contribution is 7.16. The molecular weight excluding hydrogens is 226 g/mol. The van der Waals surface area contributed by atoms with Crippen molar-refractivity contribution in [2.24, 2.45) is 5.73 Å². The molecule has 2 aromatic heterocycles. The van der Waals surface area contributed by atoms with E-state index >= 15 is 0 Å². The molecule has 2 N–H and O–H groups in total. The highest BCUT2D eigenvalue weighted by Crippen LogP contribution is 2.19. The van der Waals surface area contributed by atoms with Crippen LogP contribution >= 0.6 is 11.3 Å². The second-order valence-electron chi connectivity index (χ2n) is 3.63. The van der Waals surface area contributed by atoms with Crippen molar-refractivity contribution < 1.29 is 4.79 Å². The van der Waals surface area contributed by atoms with E-state index in [2.05, 4.69) is 4.98 Å². The minimum Gasteiger partial charge on any atom is -0.368 e. The van der Waals surface area contributed by atoms with Gasteiger partial charge in [0.25, 0.3) is 5.56 Å². The predicted octanol–water partition coefficient (Wildman–Crippen LogP) is 0.813. The Balaban J connectivity index is 2.74. The topological polar surface area (TPSA) is 78.0 Å². The van der Waals surface area contributed by atoms with Crippen LogP contribution in [-0.4, -0.2) is 15.5 Å². The summed E-state index contributed by atoms with van der Waals surface area (Å²) in [7, 11) is 0. The van der Waals surface area contributed by atoms with Crippen LogP contribution in [0.1, 0.15) is 18.5 Å². The highest BCUT2D eigenvalue weighted by Gasteiger charge is 2.16. The third-order valence-corrected chi connectivity index (χ3v) is 3.54. The number of carbonyl (C=O) groups excluding carboxylic acids is 1. The van der Waals surface area contributed by atoms with Crippen molar-refractivity contribution in [2.75, 3.05) is 0 Å². The second kappa shape index (κ2) is 3.71. The van der Waals surface area contributed by atoms with Gasteiger partial charge in [0.2, 0.25) is 5.91 Å². The minimum absolute atomic E-state index is 0.213. The summed E-state index contributed by atoms with van der Waals surface area (Å²) in [6.07, 6.45) is 1.37. The Bertz CT molecular complexity index is 614. The Hall–Kier alpha value is -1.69. The van der Waals surface area contributed by atoms with Gasteiger partial charge in [-0.15, -0.1) is 11.3 Å². The summed E-state index contributed by atoms with van der Waals surface area (Å²) in [5.41, 5.74) is 5.84. The molecule has 0 aliphatic heterocycles. The van der Waals surface area contributed by atoms with Crippen molar-refractivity contribution in [2.45, 2.75) is 19.9 Å². The lowest BCUT2D eigenvalue weighted by Gasteiger charge is -2.10. The van der Waals surface area contributed by atoms with E-state index in [4.69, 9.17) is 5.73 Å². The van der Waals surface area contributed by atoms with Crippen LogP contribution in [0.25, 0.3) is 10.2 Å². The van der Waals surface area contributed by atoms with Gasteiger partial charge < -0.3 is 5.73 Å². The summed E-state index contributed by atoms with van der Waals surface area (Å²) in [6, 6.07) is -0.677. The van der Waals surface area contributed by atoms with E-state index in [1.807, 2.05) is 12.3 Å². The first-order valence-corrected chi connectivity index (χ1v) is 5.64. The Morgan fingerprint density at radius 2 is 2.31 bits per heavy atom. The quantitative estimate of drug-likeness (QED) is 0.839. The maximum absolute atomic E-state index is 12.1. The number of amides is 1. The first-order valence-electron chi connectivity index (χ1n) is 4.76. The fourth-order valence-corrected chi connectivity index (χ4v) is 2.38. The molecule has 0 bridgehead atoms. The molecule has 0 saturated carbocycles. The molecule has 0 aliphatic carbocycles. The van der Waals surface area contributed by atoms with Crippen LogP contribution in [0.15, 0.2) is 16.5 Å². The van der Waals surface area contributed by atoms with Gasteiger partial charge in [-0.2, -0.15) is 0 Å². The third kappa shape index (κ3) is 1.51. The van der Waals surface area contributed by atoms with E-state index in [0.29, 0.717) is 10.2 Å². The molecule has 2 heterocycles. The minimum atomic E-state index is -0.677. The van der Waals surface area contributed by atoms with Gasteiger partial charge >= 0.3 is 0 Å². The van der Waals surface area contributed by atoms with Crippen LogP contribution in [0.3, 0.4) is 0 Å². The first kappa shape index (κ1) is 10.8. The molecule has 0 spiro atoms. The van der Waals surface area contributed by atoms with E-state index in [9.17, 15) is 9.59 Å². The maximum Gasteiger partial charge on any atom is 0.263 e. The summed E-state index contributed by atoms with van der Waals surface area (Å²) in [6.45, 7) is 3.43. The predicted molar refractivity (Wildman–Crippen MR) is 62.5 cm³/mol. The number of aryl methyl sites for hydroxylation is 1. The molecule has 6 heteroatoms. The van der Waals surface area contributed by atoms with Crippen LogP contribution < -0.4 is 11.3 Å². The lowest BCUT2D eigenvalue weighted by molar-refractivity contribution is -0.120. The van der Waals surface area contributed by atoms with E-state index in [1.54, 1.807) is 6.92 Å². The number of thiophene rings is 1. The van der Waals surface area contributed by atoms with Crippen LogP contribution in [0.4, 0.5) is 0 Å². The molecule has 0 unspecified atom stereocenters. The molecule has 84 valence electrons. The van der Waals surface area contributed by atoms with Crippen molar-refractivity contribution in [3.05, 3.63) is 27.6 Å². The molecule has 0 fully saturated rings. The number of nitrogens with zero attached hydrogens (tertiary/aromatic N) is 2. The largest absolute Gasteiger partial charge is 0.368 e. The van der Waals surface area contributed by atoms with Crippen molar-refractivity contribution >= 4 is 27.5 Å². The molecule has 0 saturated heterocycles. The summed E-state index contributed by atoms with van der Waals surface area (Å²) in [5, 5.41) is 2.44. The summed E-state index contributed by atoms with van der Waals surface area (Å²) >= 11 is 1.42. The molecule has 0 aromatic carbocycles. The Labute approximate surface area is 95.5 Å². The first-order chi connectivity index (χ1) is 7.52.